The Morgan fingerprint density at radius 3 is 3.00 bits per heavy atom. The molecule has 0 spiro atoms. The molecule has 3 nitrogen and oxygen atoms in total. The van der Waals surface area contributed by atoms with Gasteiger partial charge < -0.3 is 5.32 Å². The first kappa shape index (κ1) is 11.7. The van der Waals surface area contributed by atoms with E-state index in [1.807, 2.05) is 30.3 Å². The molecule has 1 rings (SSSR count). The molecule has 0 bridgehead atoms. The molecule has 1 aromatic rings. The Morgan fingerprint density at radius 1 is 1.67 bits per heavy atom. The molecule has 15 heavy (non-hydrogen) atoms. The molecule has 78 valence electrons. The highest BCUT2D eigenvalue weighted by Crippen LogP contribution is 2.16. The second-order valence-corrected chi connectivity index (χ2v) is 4.18. The number of amides is 1. The SMILES string of the molecule is CC(CC#N)C(=O)Nc1cccc(Br)c1. The number of benzene rings is 1. The third-order valence-corrected chi connectivity index (χ3v) is 2.43. The van der Waals surface area contributed by atoms with E-state index in [-0.39, 0.29) is 18.2 Å². The molecule has 0 aliphatic carbocycles. The summed E-state index contributed by atoms with van der Waals surface area (Å²) >= 11 is 3.32. The van der Waals surface area contributed by atoms with E-state index in [9.17, 15) is 4.79 Å². The molecule has 1 amide bonds. The van der Waals surface area contributed by atoms with Gasteiger partial charge in [-0.3, -0.25) is 4.79 Å². The maximum Gasteiger partial charge on any atom is 0.228 e. The molecule has 0 saturated carbocycles. The van der Waals surface area contributed by atoms with Crippen molar-refractivity contribution in [2.24, 2.45) is 5.92 Å². The first-order chi connectivity index (χ1) is 7.13. The zero-order chi connectivity index (χ0) is 11.3. The molecule has 1 unspecified atom stereocenters. The number of hydrogen-bond donors (Lipinski definition) is 1. The van der Waals surface area contributed by atoms with Gasteiger partial charge >= 0.3 is 0 Å². The van der Waals surface area contributed by atoms with E-state index in [1.54, 1.807) is 6.92 Å². The number of anilines is 1. The predicted octanol–water partition coefficient (Wildman–Crippen LogP) is 2.94. The van der Waals surface area contributed by atoms with Crippen molar-refractivity contribution in [1.82, 2.24) is 0 Å². The van der Waals surface area contributed by atoms with Gasteiger partial charge in [0.2, 0.25) is 5.91 Å². The minimum atomic E-state index is -0.283. The summed E-state index contributed by atoms with van der Waals surface area (Å²) in [5.41, 5.74) is 0.735. The highest BCUT2D eigenvalue weighted by atomic mass is 79.9. The van der Waals surface area contributed by atoms with Crippen molar-refractivity contribution < 1.29 is 4.79 Å². The zero-order valence-corrected chi connectivity index (χ0v) is 9.91. The third-order valence-electron chi connectivity index (χ3n) is 1.94. The molecule has 0 aromatic heterocycles. The van der Waals surface area contributed by atoms with Crippen LogP contribution in [0.15, 0.2) is 28.7 Å². The number of rotatable bonds is 3. The summed E-state index contributed by atoms with van der Waals surface area (Å²) in [4.78, 5) is 11.5. The van der Waals surface area contributed by atoms with Gasteiger partial charge in [-0.1, -0.05) is 28.9 Å². The molecule has 0 aliphatic heterocycles. The van der Waals surface area contributed by atoms with E-state index in [1.165, 1.54) is 0 Å². The molecule has 0 radical (unpaired) electrons. The van der Waals surface area contributed by atoms with Crippen molar-refractivity contribution in [2.45, 2.75) is 13.3 Å². The van der Waals surface area contributed by atoms with Crippen molar-refractivity contribution in [3.63, 3.8) is 0 Å². The van der Waals surface area contributed by atoms with Crippen molar-refractivity contribution in [1.29, 1.82) is 5.26 Å². The third kappa shape index (κ3) is 3.72. The Hall–Kier alpha value is -1.34. The quantitative estimate of drug-likeness (QED) is 0.915. The number of hydrogen-bond acceptors (Lipinski definition) is 2. The molecular formula is C11H11BrN2O. The van der Waals surface area contributed by atoms with Crippen LogP contribution in [-0.2, 0) is 4.79 Å². The summed E-state index contributed by atoms with van der Waals surface area (Å²) in [6.45, 7) is 1.73. The van der Waals surface area contributed by atoms with E-state index < -0.39 is 0 Å². The second kappa shape index (κ2) is 5.52. The van der Waals surface area contributed by atoms with Gasteiger partial charge in [0.15, 0.2) is 0 Å². The van der Waals surface area contributed by atoms with Crippen molar-refractivity contribution >= 4 is 27.5 Å². The Kier molecular flexibility index (Phi) is 4.32. The van der Waals surface area contributed by atoms with E-state index >= 15 is 0 Å². The molecule has 0 aliphatic rings. The van der Waals surface area contributed by atoms with Crippen LogP contribution in [0.25, 0.3) is 0 Å². The van der Waals surface area contributed by atoms with Gasteiger partial charge in [0, 0.05) is 22.5 Å². The normalized spacial score (nSPS) is 11.5. The van der Waals surface area contributed by atoms with E-state index in [0.717, 1.165) is 10.2 Å². The largest absolute Gasteiger partial charge is 0.326 e. The van der Waals surface area contributed by atoms with Crippen LogP contribution in [-0.4, -0.2) is 5.91 Å². The van der Waals surface area contributed by atoms with E-state index in [4.69, 9.17) is 5.26 Å². The van der Waals surface area contributed by atoms with Crippen LogP contribution in [0.5, 0.6) is 0 Å². The van der Waals surface area contributed by atoms with Gasteiger partial charge in [0.1, 0.15) is 0 Å². The molecule has 4 heteroatoms. The summed E-state index contributed by atoms with van der Waals surface area (Å²) in [5, 5.41) is 11.2. The van der Waals surface area contributed by atoms with Gasteiger partial charge in [0.05, 0.1) is 6.07 Å². The van der Waals surface area contributed by atoms with Crippen LogP contribution in [0.1, 0.15) is 13.3 Å². The standard InChI is InChI=1S/C11H11BrN2O/c1-8(5-6-13)11(15)14-10-4-2-3-9(12)7-10/h2-4,7-8H,5H2,1H3,(H,14,15). The summed E-state index contributed by atoms with van der Waals surface area (Å²) in [7, 11) is 0. The van der Waals surface area contributed by atoms with Gasteiger partial charge in [-0.05, 0) is 18.2 Å². The Labute approximate surface area is 97.2 Å². The monoisotopic (exact) mass is 266 g/mol. The summed E-state index contributed by atoms with van der Waals surface area (Å²) < 4.78 is 0.910. The number of nitrogens with zero attached hydrogens (tertiary/aromatic N) is 1. The fourth-order valence-corrected chi connectivity index (χ4v) is 1.46. The van der Waals surface area contributed by atoms with E-state index in [2.05, 4.69) is 21.2 Å². The summed E-state index contributed by atoms with van der Waals surface area (Å²) in [6, 6.07) is 9.32. The molecular weight excluding hydrogens is 256 g/mol. The maximum atomic E-state index is 11.5. The first-order valence-corrected chi connectivity index (χ1v) is 5.36. The number of nitrogens with one attached hydrogen (secondary N) is 1. The number of carbonyl (C=O) groups is 1. The highest BCUT2D eigenvalue weighted by Gasteiger charge is 2.12. The van der Waals surface area contributed by atoms with Crippen molar-refractivity contribution in [2.75, 3.05) is 5.32 Å². The van der Waals surface area contributed by atoms with Crippen LogP contribution in [0, 0.1) is 17.2 Å². The molecule has 0 fully saturated rings. The smallest absolute Gasteiger partial charge is 0.228 e. The lowest BCUT2D eigenvalue weighted by Crippen LogP contribution is -2.19. The fraction of sp³-hybridized carbons (Fsp3) is 0.273. The van der Waals surface area contributed by atoms with Gasteiger partial charge in [0.25, 0.3) is 0 Å². The van der Waals surface area contributed by atoms with Crippen molar-refractivity contribution in [3.8, 4) is 6.07 Å². The lowest BCUT2D eigenvalue weighted by atomic mass is 10.1. The predicted molar refractivity (Wildman–Crippen MR) is 62.2 cm³/mol. The van der Waals surface area contributed by atoms with Crippen LogP contribution in [0.3, 0.4) is 0 Å². The minimum absolute atomic E-state index is 0.130. The zero-order valence-electron chi connectivity index (χ0n) is 8.33. The topological polar surface area (TPSA) is 52.9 Å². The van der Waals surface area contributed by atoms with Crippen LogP contribution in [0.2, 0.25) is 0 Å². The molecule has 0 heterocycles. The van der Waals surface area contributed by atoms with Crippen LogP contribution in [0.4, 0.5) is 5.69 Å². The van der Waals surface area contributed by atoms with Gasteiger partial charge in [-0.25, -0.2) is 0 Å². The molecule has 1 aromatic carbocycles. The lowest BCUT2D eigenvalue weighted by Gasteiger charge is -2.08. The summed E-state index contributed by atoms with van der Waals surface area (Å²) in [6.07, 6.45) is 0.236. The van der Waals surface area contributed by atoms with Crippen LogP contribution < -0.4 is 5.32 Å². The van der Waals surface area contributed by atoms with Crippen molar-refractivity contribution in [3.05, 3.63) is 28.7 Å². The van der Waals surface area contributed by atoms with Crippen LogP contribution >= 0.6 is 15.9 Å². The Bertz CT molecular complexity index is 398. The van der Waals surface area contributed by atoms with E-state index in [0.29, 0.717) is 0 Å². The average Bonchev–Trinajstić information content (AvgIpc) is 2.18. The number of nitriles is 1. The number of carbonyl (C=O) groups excluding carboxylic acids is 1. The summed E-state index contributed by atoms with van der Waals surface area (Å²) in [5.74, 6) is -0.413. The van der Waals surface area contributed by atoms with Gasteiger partial charge in [-0.2, -0.15) is 5.26 Å². The fourth-order valence-electron chi connectivity index (χ4n) is 1.06. The molecule has 1 N–H and O–H groups in total. The minimum Gasteiger partial charge on any atom is -0.326 e. The highest BCUT2D eigenvalue weighted by molar-refractivity contribution is 9.10. The Morgan fingerprint density at radius 2 is 2.40 bits per heavy atom. The lowest BCUT2D eigenvalue weighted by molar-refractivity contribution is -0.119. The molecule has 1 atom stereocenters. The first-order valence-electron chi connectivity index (χ1n) is 4.57. The Balaban J connectivity index is 2.63. The average molecular weight is 267 g/mol. The number of halogens is 1. The maximum absolute atomic E-state index is 11.5. The molecule has 0 saturated heterocycles. The second-order valence-electron chi connectivity index (χ2n) is 3.26. The van der Waals surface area contributed by atoms with Gasteiger partial charge in [-0.15, -0.1) is 0 Å².